The van der Waals surface area contributed by atoms with Crippen molar-refractivity contribution in [3.8, 4) is 17.1 Å². The summed E-state index contributed by atoms with van der Waals surface area (Å²) in [5.74, 6) is -0.799. The molecule has 0 aliphatic heterocycles. The fourth-order valence-corrected chi connectivity index (χ4v) is 2.91. The Morgan fingerprint density at radius 3 is 2.17 bits per heavy atom. The van der Waals surface area contributed by atoms with Gasteiger partial charge in [-0.2, -0.15) is 0 Å². The van der Waals surface area contributed by atoms with E-state index in [9.17, 15) is 9.59 Å². The van der Waals surface area contributed by atoms with Gasteiger partial charge >= 0.3 is 11.8 Å². The predicted octanol–water partition coefficient (Wildman–Crippen LogP) is 3.36. The highest BCUT2D eigenvalue weighted by Gasteiger charge is 2.20. The number of nitrogens with one attached hydrogen (secondary N) is 2. The lowest BCUT2D eigenvalue weighted by Crippen LogP contribution is -2.42. The number of carbonyl (C=O) groups excluding carboxylic acids is 2. The number of halogens is 1. The number of hydrazine groups is 1. The fourth-order valence-electron chi connectivity index (χ4n) is 2.60. The lowest BCUT2D eigenvalue weighted by Gasteiger charge is -2.05. The second-order valence-corrected chi connectivity index (χ2v) is 6.67. The van der Waals surface area contributed by atoms with Crippen LogP contribution in [0.5, 0.6) is 0 Å². The molecule has 4 aromatic rings. The van der Waals surface area contributed by atoms with E-state index in [1.54, 1.807) is 10.7 Å². The molecule has 2 amide bonds. The van der Waals surface area contributed by atoms with E-state index in [1.807, 2.05) is 60.7 Å². The van der Waals surface area contributed by atoms with Crippen LogP contribution in [-0.4, -0.2) is 26.6 Å². The number of hydrogen-bond donors (Lipinski definition) is 2. The van der Waals surface area contributed by atoms with Gasteiger partial charge in [-0.15, -0.1) is 5.10 Å². The molecule has 0 aliphatic rings. The van der Waals surface area contributed by atoms with Crippen LogP contribution in [0.25, 0.3) is 17.1 Å². The lowest BCUT2D eigenvalue weighted by atomic mass is 10.2. The number of hydrogen-bond acceptors (Lipinski definition) is 5. The van der Waals surface area contributed by atoms with E-state index in [4.69, 9.17) is 4.42 Å². The van der Waals surface area contributed by atoms with E-state index in [0.29, 0.717) is 10.5 Å². The van der Waals surface area contributed by atoms with Crippen molar-refractivity contribution in [2.75, 3.05) is 0 Å². The van der Waals surface area contributed by atoms with Crippen LogP contribution in [0.4, 0.5) is 0 Å². The van der Waals surface area contributed by atoms with Gasteiger partial charge in [0.1, 0.15) is 0 Å². The summed E-state index contributed by atoms with van der Waals surface area (Å²) >= 11 is 3.12. The standard InChI is InChI=1S/C20H14BrN5O3/c21-16-12-11-15(29-16)19(27)23-24-20(28)17-22-18(13-7-3-1-4-8-13)26(25-17)14-9-5-2-6-10-14/h1-12H,(H,23,27)(H,24,28). The van der Waals surface area contributed by atoms with Crippen molar-refractivity contribution in [2.24, 2.45) is 0 Å². The molecule has 4 rings (SSSR count). The average molecular weight is 452 g/mol. The summed E-state index contributed by atoms with van der Waals surface area (Å²) in [5.41, 5.74) is 6.13. The molecule has 0 saturated heterocycles. The third-order valence-corrected chi connectivity index (χ3v) is 4.36. The minimum Gasteiger partial charge on any atom is -0.444 e. The number of furan rings is 1. The zero-order valence-electron chi connectivity index (χ0n) is 14.9. The molecule has 0 saturated carbocycles. The van der Waals surface area contributed by atoms with E-state index < -0.39 is 11.8 Å². The van der Waals surface area contributed by atoms with Crippen LogP contribution in [0.3, 0.4) is 0 Å². The molecule has 0 aliphatic carbocycles. The Bertz CT molecular complexity index is 1100. The summed E-state index contributed by atoms with van der Waals surface area (Å²) in [4.78, 5) is 28.9. The Morgan fingerprint density at radius 1 is 0.862 bits per heavy atom. The van der Waals surface area contributed by atoms with Gasteiger partial charge in [0.15, 0.2) is 16.3 Å². The smallest absolute Gasteiger partial charge is 0.309 e. The van der Waals surface area contributed by atoms with Crippen LogP contribution in [0.15, 0.2) is 81.9 Å². The van der Waals surface area contributed by atoms with Crippen LogP contribution in [-0.2, 0) is 0 Å². The van der Waals surface area contributed by atoms with Crippen LogP contribution in [0, 0.1) is 0 Å². The highest BCUT2D eigenvalue weighted by molar-refractivity contribution is 9.10. The molecular weight excluding hydrogens is 438 g/mol. The van der Waals surface area contributed by atoms with Gasteiger partial charge in [-0.1, -0.05) is 48.5 Å². The maximum atomic E-state index is 12.5. The Balaban J connectivity index is 1.60. The molecule has 2 aromatic carbocycles. The van der Waals surface area contributed by atoms with E-state index >= 15 is 0 Å². The topological polar surface area (TPSA) is 102 Å². The highest BCUT2D eigenvalue weighted by Crippen LogP contribution is 2.21. The molecule has 2 aromatic heterocycles. The number of amides is 2. The summed E-state index contributed by atoms with van der Waals surface area (Å²) < 4.78 is 7.13. The van der Waals surface area contributed by atoms with Crippen molar-refractivity contribution in [3.63, 3.8) is 0 Å². The second kappa shape index (κ2) is 8.11. The molecule has 144 valence electrons. The summed E-state index contributed by atoms with van der Waals surface area (Å²) in [7, 11) is 0. The first-order valence-electron chi connectivity index (χ1n) is 8.56. The molecule has 0 unspecified atom stereocenters. The summed E-state index contributed by atoms with van der Waals surface area (Å²) in [6.45, 7) is 0. The molecule has 0 fully saturated rings. The van der Waals surface area contributed by atoms with E-state index in [2.05, 4.69) is 36.9 Å². The van der Waals surface area contributed by atoms with Crippen molar-refractivity contribution in [1.29, 1.82) is 0 Å². The molecule has 2 N–H and O–H groups in total. The van der Waals surface area contributed by atoms with Crippen LogP contribution >= 0.6 is 15.9 Å². The van der Waals surface area contributed by atoms with Gasteiger partial charge in [-0.3, -0.25) is 20.4 Å². The Morgan fingerprint density at radius 2 is 1.52 bits per heavy atom. The van der Waals surface area contributed by atoms with Gasteiger partial charge in [0.2, 0.25) is 5.82 Å². The number of rotatable bonds is 4. The van der Waals surface area contributed by atoms with Crippen molar-refractivity contribution in [3.05, 3.63) is 89.1 Å². The molecule has 0 atom stereocenters. The normalized spacial score (nSPS) is 10.5. The largest absolute Gasteiger partial charge is 0.444 e. The first-order chi connectivity index (χ1) is 14.1. The zero-order chi connectivity index (χ0) is 20.2. The molecule has 8 nitrogen and oxygen atoms in total. The fraction of sp³-hybridized carbons (Fsp3) is 0. The molecule has 0 spiro atoms. The maximum Gasteiger partial charge on any atom is 0.309 e. The van der Waals surface area contributed by atoms with Crippen LogP contribution < -0.4 is 10.9 Å². The highest BCUT2D eigenvalue weighted by atomic mass is 79.9. The number of nitrogens with zero attached hydrogens (tertiary/aromatic N) is 3. The number of carbonyl (C=O) groups is 2. The SMILES string of the molecule is O=C(NNC(=O)c1ccc(Br)o1)c1nc(-c2ccccc2)n(-c2ccccc2)n1. The van der Waals surface area contributed by atoms with E-state index in [0.717, 1.165) is 11.3 Å². The molecule has 2 heterocycles. The lowest BCUT2D eigenvalue weighted by molar-refractivity contribution is 0.0825. The maximum absolute atomic E-state index is 12.5. The Kier molecular flexibility index (Phi) is 5.21. The molecule has 29 heavy (non-hydrogen) atoms. The molecule has 9 heteroatoms. The third kappa shape index (κ3) is 4.09. The second-order valence-electron chi connectivity index (χ2n) is 5.88. The number of benzene rings is 2. The summed E-state index contributed by atoms with van der Waals surface area (Å²) in [6, 6.07) is 21.8. The predicted molar refractivity (Wildman–Crippen MR) is 108 cm³/mol. The quantitative estimate of drug-likeness (QED) is 0.463. The Hall–Kier alpha value is -3.72. The van der Waals surface area contributed by atoms with Gasteiger partial charge in [0, 0.05) is 5.56 Å². The van der Waals surface area contributed by atoms with Crippen molar-refractivity contribution in [1.82, 2.24) is 25.6 Å². The summed E-state index contributed by atoms with van der Waals surface area (Å²) in [5, 5.41) is 4.32. The molecule has 0 radical (unpaired) electrons. The molecule has 0 bridgehead atoms. The van der Waals surface area contributed by atoms with Gasteiger partial charge in [-0.05, 0) is 40.2 Å². The third-order valence-electron chi connectivity index (χ3n) is 3.93. The van der Waals surface area contributed by atoms with Crippen molar-refractivity contribution >= 4 is 27.7 Å². The number of para-hydroxylation sites is 1. The minimum absolute atomic E-state index is 0.0462. The number of aromatic nitrogens is 3. The first-order valence-corrected chi connectivity index (χ1v) is 9.35. The average Bonchev–Trinajstić information content (AvgIpc) is 3.40. The van der Waals surface area contributed by atoms with Gasteiger partial charge < -0.3 is 4.42 Å². The van der Waals surface area contributed by atoms with Gasteiger partial charge in [0.05, 0.1) is 5.69 Å². The first kappa shape index (κ1) is 18.6. The molecular formula is C20H14BrN5O3. The Labute approximate surface area is 173 Å². The summed E-state index contributed by atoms with van der Waals surface area (Å²) in [6.07, 6.45) is 0. The minimum atomic E-state index is -0.657. The van der Waals surface area contributed by atoms with E-state index in [-0.39, 0.29) is 11.6 Å². The van der Waals surface area contributed by atoms with E-state index in [1.165, 1.54) is 6.07 Å². The monoisotopic (exact) mass is 451 g/mol. The van der Waals surface area contributed by atoms with Crippen molar-refractivity contribution < 1.29 is 14.0 Å². The van der Waals surface area contributed by atoms with Crippen LogP contribution in [0.2, 0.25) is 0 Å². The van der Waals surface area contributed by atoms with Gasteiger partial charge in [-0.25, -0.2) is 9.67 Å². The van der Waals surface area contributed by atoms with Crippen LogP contribution in [0.1, 0.15) is 21.2 Å². The van der Waals surface area contributed by atoms with Gasteiger partial charge in [0.25, 0.3) is 0 Å². The zero-order valence-corrected chi connectivity index (χ0v) is 16.5. The van der Waals surface area contributed by atoms with Crippen molar-refractivity contribution in [2.45, 2.75) is 0 Å².